The lowest BCUT2D eigenvalue weighted by Crippen LogP contribution is -2.32. The van der Waals surface area contributed by atoms with Crippen molar-refractivity contribution < 1.29 is 23.9 Å². The van der Waals surface area contributed by atoms with Crippen molar-refractivity contribution >= 4 is 29.4 Å². The molecule has 160 valence electrons. The van der Waals surface area contributed by atoms with E-state index < -0.39 is 23.8 Å². The molecule has 7 heteroatoms. The topological polar surface area (TPSA) is 72.9 Å². The molecule has 1 aliphatic rings. The van der Waals surface area contributed by atoms with E-state index in [0.717, 1.165) is 0 Å². The Hall–Kier alpha value is -3.38. The molecule has 2 aromatic carbocycles. The number of amides is 1. The Morgan fingerprint density at radius 3 is 1.84 bits per heavy atom. The van der Waals surface area contributed by atoms with Gasteiger partial charge in [-0.25, -0.2) is 9.59 Å². The number of esters is 2. The second kappa shape index (κ2) is 10.1. The monoisotopic (exact) mass is 439 g/mol. The molecule has 0 unspecified atom stereocenters. The molecule has 0 radical (unpaired) electrons. The fourth-order valence-corrected chi connectivity index (χ4v) is 3.41. The average Bonchev–Trinajstić information content (AvgIpc) is 2.79. The van der Waals surface area contributed by atoms with Crippen molar-refractivity contribution in [2.24, 2.45) is 0 Å². The predicted molar refractivity (Wildman–Crippen MR) is 116 cm³/mol. The van der Waals surface area contributed by atoms with Crippen LogP contribution in [0.15, 0.2) is 78.1 Å². The fourth-order valence-electron chi connectivity index (χ4n) is 3.29. The van der Waals surface area contributed by atoms with Crippen LogP contribution in [0.3, 0.4) is 0 Å². The van der Waals surface area contributed by atoms with Crippen LogP contribution in [-0.4, -0.2) is 36.0 Å². The minimum atomic E-state index is -0.728. The van der Waals surface area contributed by atoms with Gasteiger partial charge in [0, 0.05) is 23.0 Å². The molecule has 0 spiro atoms. The van der Waals surface area contributed by atoms with Crippen LogP contribution in [-0.2, 0) is 19.1 Å². The van der Waals surface area contributed by atoms with Crippen LogP contribution < -0.4 is 0 Å². The molecule has 0 atom stereocenters. The molecule has 0 saturated heterocycles. The molecule has 2 aromatic rings. The van der Waals surface area contributed by atoms with Crippen LogP contribution in [0.4, 0.5) is 0 Å². The van der Waals surface area contributed by atoms with Crippen molar-refractivity contribution in [1.82, 2.24) is 4.90 Å². The molecule has 0 N–H and O–H groups in total. The Balaban J connectivity index is 2.12. The number of carbonyl (C=O) groups is 3. The molecular formula is C24H22ClNO5. The van der Waals surface area contributed by atoms with Gasteiger partial charge in [-0.1, -0.05) is 41.9 Å². The summed E-state index contributed by atoms with van der Waals surface area (Å²) in [5.41, 5.74) is 1.39. The number of rotatable bonds is 6. The third-order valence-corrected chi connectivity index (χ3v) is 4.91. The molecule has 0 saturated carbocycles. The largest absolute Gasteiger partial charge is 0.463 e. The van der Waals surface area contributed by atoms with E-state index >= 15 is 0 Å². The first kappa shape index (κ1) is 22.3. The highest BCUT2D eigenvalue weighted by Crippen LogP contribution is 2.37. The zero-order valence-corrected chi connectivity index (χ0v) is 18.0. The van der Waals surface area contributed by atoms with Crippen LogP contribution in [0.25, 0.3) is 0 Å². The van der Waals surface area contributed by atoms with E-state index in [2.05, 4.69) is 0 Å². The summed E-state index contributed by atoms with van der Waals surface area (Å²) in [6.07, 6.45) is 2.82. The third-order valence-electron chi connectivity index (χ3n) is 4.66. The number of carbonyl (C=O) groups excluding carboxylic acids is 3. The fraction of sp³-hybridized carbons (Fsp3) is 0.208. The number of benzene rings is 2. The van der Waals surface area contributed by atoms with E-state index in [0.29, 0.717) is 16.1 Å². The minimum absolute atomic E-state index is 0.154. The summed E-state index contributed by atoms with van der Waals surface area (Å²) < 4.78 is 10.5. The Morgan fingerprint density at radius 2 is 1.35 bits per heavy atom. The van der Waals surface area contributed by atoms with Crippen LogP contribution in [0.1, 0.15) is 35.7 Å². The van der Waals surface area contributed by atoms with Gasteiger partial charge in [-0.05, 0) is 43.7 Å². The zero-order valence-electron chi connectivity index (χ0n) is 17.2. The number of hydrogen-bond donors (Lipinski definition) is 0. The Labute approximate surface area is 185 Å². The van der Waals surface area contributed by atoms with Crippen molar-refractivity contribution in [3.8, 4) is 0 Å². The van der Waals surface area contributed by atoms with Gasteiger partial charge in [-0.3, -0.25) is 9.69 Å². The second-order valence-electron chi connectivity index (χ2n) is 6.67. The maximum absolute atomic E-state index is 13.1. The molecule has 6 nitrogen and oxygen atoms in total. The summed E-state index contributed by atoms with van der Waals surface area (Å²) in [5, 5.41) is 0.491. The van der Waals surface area contributed by atoms with E-state index in [-0.39, 0.29) is 24.4 Å². The van der Waals surface area contributed by atoms with Gasteiger partial charge in [0.25, 0.3) is 5.91 Å². The first-order chi connectivity index (χ1) is 15.0. The summed E-state index contributed by atoms with van der Waals surface area (Å²) in [6, 6.07) is 15.4. The van der Waals surface area contributed by atoms with Gasteiger partial charge in [0.2, 0.25) is 0 Å². The molecule has 0 fully saturated rings. The van der Waals surface area contributed by atoms with Gasteiger partial charge in [0.15, 0.2) is 0 Å². The number of ether oxygens (including phenoxy) is 2. The summed E-state index contributed by atoms with van der Waals surface area (Å²) >= 11 is 5.92. The predicted octanol–water partition coefficient (Wildman–Crippen LogP) is 4.47. The molecule has 1 heterocycles. The lowest BCUT2D eigenvalue weighted by atomic mass is 9.83. The van der Waals surface area contributed by atoms with Crippen molar-refractivity contribution in [3.63, 3.8) is 0 Å². The van der Waals surface area contributed by atoms with Crippen LogP contribution in [0.2, 0.25) is 5.02 Å². The summed E-state index contributed by atoms with van der Waals surface area (Å²) in [6.45, 7) is 3.69. The SMILES string of the molecule is CCOC(=O)C1=CN(C(=O)c2ccc(Cl)cc2)C=C(C(=O)OCC)C1c1ccccc1. The van der Waals surface area contributed by atoms with Crippen molar-refractivity contribution in [3.05, 3.63) is 94.3 Å². The standard InChI is InChI=1S/C24H22ClNO5/c1-3-30-23(28)19-14-26(22(27)17-10-12-18(25)13-11-17)15-20(24(29)31-4-2)21(19)16-8-6-5-7-9-16/h5-15,21H,3-4H2,1-2H3. The van der Waals surface area contributed by atoms with Crippen molar-refractivity contribution in [2.45, 2.75) is 19.8 Å². The first-order valence-electron chi connectivity index (χ1n) is 9.87. The summed E-state index contributed by atoms with van der Waals surface area (Å²) in [4.78, 5) is 40.0. The Bertz CT molecular complexity index is 992. The van der Waals surface area contributed by atoms with E-state index in [1.165, 1.54) is 17.3 Å². The van der Waals surface area contributed by atoms with Crippen LogP contribution >= 0.6 is 11.6 Å². The van der Waals surface area contributed by atoms with Gasteiger partial charge in [-0.2, -0.15) is 0 Å². The zero-order chi connectivity index (χ0) is 22.4. The van der Waals surface area contributed by atoms with Crippen LogP contribution in [0, 0.1) is 0 Å². The molecule has 3 rings (SSSR count). The Kier molecular flexibility index (Phi) is 7.26. The van der Waals surface area contributed by atoms with Gasteiger partial charge >= 0.3 is 11.9 Å². The van der Waals surface area contributed by atoms with Gasteiger partial charge in [-0.15, -0.1) is 0 Å². The maximum atomic E-state index is 13.1. The van der Waals surface area contributed by atoms with Gasteiger partial charge in [0.05, 0.1) is 30.3 Å². The molecular weight excluding hydrogens is 418 g/mol. The van der Waals surface area contributed by atoms with E-state index in [9.17, 15) is 14.4 Å². The highest BCUT2D eigenvalue weighted by atomic mass is 35.5. The molecule has 0 aliphatic carbocycles. The van der Waals surface area contributed by atoms with E-state index in [4.69, 9.17) is 21.1 Å². The summed E-state index contributed by atoms with van der Waals surface area (Å²) in [5.74, 6) is -2.37. The molecule has 31 heavy (non-hydrogen) atoms. The summed E-state index contributed by atoms with van der Waals surface area (Å²) in [7, 11) is 0. The lowest BCUT2D eigenvalue weighted by Gasteiger charge is -2.29. The number of hydrogen-bond acceptors (Lipinski definition) is 5. The Morgan fingerprint density at radius 1 is 0.839 bits per heavy atom. The average molecular weight is 440 g/mol. The van der Waals surface area contributed by atoms with E-state index in [1.807, 2.05) is 30.3 Å². The highest BCUT2D eigenvalue weighted by molar-refractivity contribution is 6.30. The molecule has 1 amide bonds. The minimum Gasteiger partial charge on any atom is -0.463 e. The van der Waals surface area contributed by atoms with Crippen molar-refractivity contribution in [1.29, 1.82) is 0 Å². The number of nitrogens with zero attached hydrogens (tertiary/aromatic N) is 1. The molecule has 0 bridgehead atoms. The van der Waals surface area contributed by atoms with Crippen LogP contribution in [0.5, 0.6) is 0 Å². The molecule has 1 aliphatic heterocycles. The quantitative estimate of drug-likeness (QED) is 0.621. The van der Waals surface area contributed by atoms with Gasteiger partial charge < -0.3 is 9.47 Å². The van der Waals surface area contributed by atoms with Crippen molar-refractivity contribution in [2.75, 3.05) is 13.2 Å². The smallest absolute Gasteiger partial charge is 0.336 e. The maximum Gasteiger partial charge on any atom is 0.336 e. The number of halogens is 1. The normalized spacial score (nSPS) is 13.8. The second-order valence-corrected chi connectivity index (χ2v) is 7.11. The van der Waals surface area contributed by atoms with Gasteiger partial charge in [0.1, 0.15) is 0 Å². The molecule has 0 aromatic heterocycles. The highest BCUT2D eigenvalue weighted by Gasteiger charge is 2.36. The lowest BCUT2D eigenvalue weighted by molar-refractivity contribution is -0.139. The third kappa shape index (κ3) is 5.03. The van der Waals surface area contributed by atoms with E-state index in [1.54, 1.807) is 38.1 Å². The first-order valence-corrected chi connectivity index (χ1v) is 10.2.